The van der Waals surface area contributed by atoms with Crippen LogP contribution in [0.5, 0.6) is 0 Å². The van der Waals surface area contributed by atoms with Crippen molar-refractivity contribution in [3.63, 3.8) is 0 Å². The van der Waals surface area contributed by atoms with E-state index in [2.05, 4.69) is 35.9 Å². The molecule has 2 saturated heterocycles. The zero-order chi connectivity index (χ0) is 18.4. The third-order valence-corrected chi connectivity index (χ3v) is 5.19. The summed E-state index contributed by atoms with van der Waals surface area (Å²) in [6.07, 6.45) is 0.329. The van der Waals surface area contributed by atoms with E-state index in [1.54, 1.807) is 16.8 Å². The van der Waals surface area contributed by atoms with E-state index in [0.29, 0.717) is 13.0 Å². The van der Waals surface area contributed by atoms with Gasteiger partial charge in [0.05, 0.1) is 17.7 Å². The van der Waals surface area contributed by atoms with E-state index in [-0.39, 0.29) is 29.2 Å². The molecule has 0 saturated carbocycles. The summed E-state index contributed by atoms with van der Waals surface area (Å²) in [6, 6.07) is 4.18. The minimum absolute atomic E-state index is 0.0124. The number of rotatable bonds is 3. The van der Waals surface area contributed by atoms with Gasteiger partial charge in [-0.25, -0.2) is 0 Å². The third kappa shape index (κ3) is 3.45. The van der Waals surface area contributed by atoms with Crippen LogP contribution in [0.2, 0.25) is 0 Å². The van der Waals surface area contributed by atoms with Crippen LogP contribution in [0.15, 0.2) is 12.1 Å². The van der Waals surface area contributed by atoms with Gasteiger partial charge in [-0.15, -0.1) is 5.10 Å². The number of anilines is 1. The minimum Gasteiger partial charge on any atom is -0.351 e. The van der Waals surface area contributed by atoms with Crippen molar-refractivity contribution >= 4 is 17.6 Å². The summed E-state index contributed by atoms with van der Waals surface area (Å²) in [6.45, 7) is 8.37. The third-order valence-electron chi connectivity index (χ3n) is 5.19. The Bertz CT molecular complexity index is 661. The normalized spacial score (nSPS) is 21.5. The summed E-state index contributed by atoms with van der Waals surface area (Å²) in [4.78, 5) is 29.8. The van der Waals surface area contributed by atoms with Crippen molar-refractivity contribution in [1.82, 2.24) is 20.0 Å². The van der Waals surface area contributed by atoms with E-state index in [1.165, 1.54) is 0 Å². The first kappa shape index (κ1) is 17.6. The number of aromatic nitrogens is 2. The Kier molecular flexibility index (Phi) is 4.43. The maximum atomic E-state index is 12.6. The SMILES string of the molecule is CN1CC(C(=O)N(C)C2CN(c3ccc(C(C)(C)C)nn3)C2)CC1=O. The van der Waals surface area contributed by atoms with Crippen LogP contribution in [0.4, 0.5) is 5.82 Å². The molecular formula is C18H27N5O2. The van der Waals surface area contributed by atoms with Gasteiger partial charge in [0, 0.05) is 45.6 Å². The zero-order valence-electron chi connectivity index (χ0n) is 15.7. The molecule has 7 nitrogen and oxygen atoms in total. The Morgan fingerprint density at radius 2 is 1.88 bits per heavy atom. The molecule has 0 spiro atoms. The van der Waals surface area contributed by atoms with Crippen molar-refractivity contribution in [3.05, 3.63) is 17.8 Å². The van der Waals surface area contributed by atoms with Gasteiger partial charge >= 0.3 is 0 Å². The Morgan fingerprint density at radius 3 is 2.36 bits per heavy atom. The first-order chi connectivity index (χ1) is 11.7. The predicted octanol–water partition coefficient (Wildman–Crippen LogP) is 0.899. The Balaban J connectivity index is 1.55. The maximum Gasteiger partial charge on any atom is 0.228 e. The number of carbonyl (C=O) groups is 2. The van der Waals surface area contributed by atoms with Gasteiger partial charge in [0.15, 0.2) is 5.82 Å². The molecule has 0 aromatic carbocycles. The van der Waals surface area contributed by atoms with Gasteiger partial charge in [-0.2, -0.15) is 5.10 Å². The van der Waals surface area contributed by atoms with Crippen molar-refractivity contribution < 1.29 is 9.59 Å². The molecule has 1 aromatic rings. The van der Waals surface area contributed by atoms with E-state index in [1.807, 2.05) is 19.2 Å². The van der Waals surface area contributed by atoms with Crippen molar-refractivity contribution in [1.29, 1.82) is 0 Å². The molecule has 2 amide bonds. The molecule has 1 atom stereocenters. The number of hydrogen-bond acceptors (Lipinski definition) is 5. The molecule has 2 fully saturated rings. The molecule has 0 aliphatic carbocycles. The summed E-state index contributed by atoms with van der Waals surface area (Å²) in [5.74, 6) is 0.760. The van der Waals surface area contributed by atoms with E-state index in [9.17, 15) is 9.59 Å². The van der Waals surface area contributed by atoms with Crippen molar-refractivity contribution in [3.8, 4) is 0 Å². The fourth-order valence-corrected chi connectivity index (χ4v) is 3.28. The quantitative estimate of drug-likeness (QED) is 0.814. The van der Waals surface area contributed by atoms with Crippen LogP contribution in [-0.2, 0) is 15.0 Å². The first-order valence-electron chi connectivity index (χ1n) is 8.76. The number of hydrogen-bond donors (Lipinski definition) is 0. The number of likely N-dealkylation sites (tertiary alicyclic amines) is 1. The predicted molar refractivity (Wildman–Crippen MR) is 95.2 cm³/mol. The molecule has 3 rings (SSSR count). The fourth-order valence-electron chi connectivity index (χ4n) is 3.28. The lowest BCUT2D eigenvalue weighted by Gasteiger charge is -2.45. The zero-order valence-corrected chi connectivity index (χ0v) is 15.7. The second-order valence-corrected chi connectivity index (χ2v) is 8.21. The summed E-state index contributed by atoms with van der Waals surface area (Å²) in [5.41, 5.74) is 0.956. The average Bonchev–Trinajstić information content (AvgIpc) is 2.84. The number of carbonyl (C=O) groups excluding carboxylic acids is 2. The molecule has 3 heterocycles. The monoisotopic (exact) mass is 345 g/mol. The summed E-state index contributed by atoms with van der Waals surface area (Å²) < 4.78 is 0. The van der Waals surface area contributed by atoms with Crippen LogP contribution in [0.3, 0.4) is 0 Å². The summed E-state index contributed by atoms with van der Waals surface area (Å²) >= 11 is 0. The summed E-state index contributed by atoms with van der Waals surface area (Å²) in [5, 5.41) is 8.65. The number of nitrogens with zero attached hydrogens (tertiary/aromatic N) is 5. The topological polar surface area (TPSA) is 69.6 Å². The second kappa shape index (κ2) is 6.28. The minimum atomic E-state index is -0.206. The number of likely N-dealkylation sites (N-methyl/N-ethyl adjacent to an activating group) is 1. The van der Waals surface area contributed by atoms with Gasteiger partial charge in [-0.1, -0.05) is 20.8 Å². The fraction of sp³-hybridized carbons (Fsp3) is 0.667. The lowest BCUT2D eigenvalue weighted by atomic mass is 9.92. The Morgan fingerprint density at radius 1 is 1.20 bits per heavy atom. The van der Waals surface area contributed by atoms with Crippen LogP contribution in [-0.4, -0.2) is 71.6 Å². The molecule has 7 heteroatoms. The number of amides is 2. The molecule has 0 radical (unpaired) electrons. The molecule has 0 N–H and O–H groups in total. The molecule has 2 aliphatic heterocycles. The van der Waals surface area contributed by atoms with E-state index in [4.69, 9.17) is 0 Å². The first-order valence-corrected chi connectivity index (χ1v) is 8.76. The van der Waals surface area contributed by atoms with Gasteiger partial charge in [-0.05, 0) is 12.1 Å². The highest BCUT2D eigenvalue weighted by Crippen LogP contribution is 2.26. The van der Waals surface area contributed by atoms with Crippen LogP contribution in [0.1, 0.15) is 32.9 Å². The molecule has 136 valence electrons. The van der Waals surface area contributed by atoms with E-state index >= 15 is 0 Å². The molecule has 2 aliphatic rings. The van der Waals surface area contributed by atoms with E-state index < -0.39 is 0 Å². The lowest BCUT2D eigenvalue weighted by Crippen LogP contribution is -2.61. The van der Waals surface area contributed by atoms with E-state index in [0.717, 1.165) is 24.6 Å². The molecule has 25 heavy (non-hydrogen) atoms. The largest absolute Gasteiger partial charge is 0.351 e. The van der Waals surface area contributed by atoms with Gasteiger partial charge in [-0.3, -0.25) is 9.59 Å². The van der Waals surface area contributed by atoms with Crippen molar-refractivity contribution in [2.24, 2.45) is 5.92 Å². The van der Waals surface area contributed by atoms with Crippen molar-refractivity contribution in [2.45, 2.75) is 38.6 Å². The maximum absolute atomic E-state index is 12.6. The average molecular weight is 345 g/mol. The highest BCUT2D eigenvalue weighted by Gasteiger charge is 2.39. The standard InChI is InChI=1S/C18H27N5O2/c1-18(2,3)14-6-7-15(20-19-14)23-10-13(11-23)22(5)17(25)12-8-16(24)21(4)9-12/h6-7,12-13H,8-11H2,1-5H3. The molecule has 0 bridgehead atoms. The smallest absolute Gasteiger partial charge is 0.228 e. The second-order valence-electron chi connectivity index (χ2n) is 8.21. The van der Waals surface area contributed by atoms with Crippen LogP contribution < -0.4 is 4.90 Å². The highest BCUT2D eigenvalue weighted by atomic mass is 16.2. The van der Waals surface area contributed by atoms with Gasteiger partial charge < -0.3 is 14.7 Å². The Hall–Kier alpha value is -2.18. The van der Waals surface area contributed by atoms with Gasteiger partial charge in [0.25, 0.3) is 0 Å². The van der Waals surface area contributed by atoms with Gasteiger partial charge in [0.1, 0.15) is 0 Å². The highest BCUT2D eigenvalue weighted by molar-refractivity contribution is 5.89. The summed E-state index contributed by atoms with van der Waals surface area (Å²) in [7, 11) is 3.59. The van der Waals surface area contributed by atoms with Crippen LogP contribution >= 0.6 is 0 Å². The lowest BCUT2D eigenvalue weighted by molar-refractivity contribution is -0.137. The molecule has 1 aromatic heterocycles. The van der Waals surface area contributed by atoms with Crippen LogP contribution in [0, 0.1) is 5.92 Å². The Labute approximate surface area is 149 Å². The van der Waals surface area contributed by atoms with Crippen molar-refractivity contribution in [2.75, 3.05) is 38.6 Å². The molecular weight excluding hydrogens is 318 g/mol. The molecule has 1 unspecified atom stereocenters. The van der Waals surface area contributed by atoms with Crippen LogP contribution in [0.25, 0.3) is 0 Å². The van der Waals surface area contributed by atoms with Gasteiger partial charge in [0.2, 0.25) is 11.8 Å².